The number of primary amides is 1. The Bertz CT molecular complexity index is 572. The Morgan fingerprint density at radius 2 is 1.77 bits per heavy atom. The molecule has 2 aliphatic rings. The number of aromatic nitrogens is 2. The van der Waals surface area contributed by atoms with Gasteiger partial charge in [-0.05, 0) is 56.3 Å². The van der Waals surface area contributed by atoms with Gasteiger partial charge in [-0.15, -0.1) is 0 Å². The maximum Gasteiger partial charge on any atom is 0.225 e. The monoisotopic (exact) mass is 359 g/mol. The van der Waals surface area contributed by atoms with Crippen LogP contribution in [0, 0.1) is 23.7 Å². The Balaban J connectivity index is 1.43. The van der Waals surface area contributed by atoms with E-state index in [9.17, 15) is 4.79 Å². The van der Waals surface area contributed by atoms with Crippen molar-refractivity contribution >= 4 is 17.5 Å². The summed E-state index contributed by atoms with van der Waals surface area (Å²) in [5, 5.41) is 3.45. The van der Waals surface area contributed by atoms with Crippen LogP contribution in [-0.2, 0) is 4.79 Å². The molecule has 1 aromatic heterocycles. The van der Waals surface area contributed by atoms with Gasteiger partial charge in [0, 0.05) is 25.6 Å². The van der Waals surface area contributed by atoms with Crippen molar-refractivity contribution in [1.29, 1.82) is 0 Å². The van der Waals surface area contributed by atoms with Crippen LogP contribution >= 0.6 is 0 Å². The highest BCUT2D eigenvalue weighted by molar-refractivity contribution is 5.76. The van der Waals surface area contributed by atoms with E-state index in [1.807, 2.05) is 12.4 Å². The third kappa shape index (κ3) is 4.86. The van der Waals surface area contributed by atoms with Crippen LogP contribution in [0.2, 0.25) is 0 Å². The molecule has 0 bridgehead atoms. The van der Waals surface area contributed by atoms with E-state index in [1.165, 1.54) is 12.8 Å². The van der Waals surface area contributed by atoms with Gasteiger partial charge in [0.2, 0.25) is 11.9 Å². The molecule has 6 heteroatoms. The maximum absolute atomic E-state index is 11.2. The van der Waals surface area contributed by atoms with Crippen LogP contribution in [0.1, 0.15) is 52.4 Å². The Hall–Kier alpha value is -1.85. The fourth-order valence-corrected chi connectivity index (χ4v) is 4.26. The highest BCUT2D eigenvalue weighted by atomic mass is 16.1. The summed E-state index contributed by atoms with van der Waals surface area (Å²) in [4.78, 5) is 22.7. The van der Waals surface area contributed by atoms with Crippen LogP contribution in [0.4, 0.5) is 11.6 Å². The minimum atomic E-state index is -0.141. The normalized spacial score (nSPS) is 24.7. The largest absolute Gasteiger partial charge is 0.382 e. The van der Waals surface area contributed by atoms with Crippen molar-refractivity contribution in [2.75, 3.05) is 29.9 Å². The molecular formula is C20H33N5O. The van der Waals surface area contributed by atoms with E-state index in [4.69, 9.17) is 5.73 Å². The summed E-state index contributed by atoms with van der Waals surface area (Å²) in [6.07, 6.45) is 10.2. The van der Waals surface area contributed by atoms with Crippen LogP contribution in [0.25, 0.3) is 0 Å². The molecule has 3 rings (SSSR count). The number of anilines is 2. The minimum absolute atomic E-state index is 0.0775. The van der Waals surface area contributed by atoms with Gasteiger partial charge in [-0.25, -0.2) is 9.97 Å². The van der Waals surface area contributed by atoms with E-state index in [0.29, 0.717) is 5.92 Å². The number of hydrogen-bond donors (Lipinski definition) is 2. The molecule has 1 aliphatic heterocycles. The van der Waals surface area contributed by atoms with Gasteiger partial charge in [-0.1, -0.05) is 13.8 Å². The number of carbonyl (C=O) groups is 1. The lowest BCUT2D eigenvalue weighted by molar-refractivity contribution is -0.122. The average molecular weight is 360 g/mol. The fourth-order valence-electron chi connectivity index (χ4n) is 4.26. The highest BCUT2D eigenvalue weighted by Crippen LogP contribution is 2.29. The van der Waals surface area contributed by atoms with Crippen LogP contribution in [-0.4, -0.2) is 35.5 Å². The van der Waals surface area contributed by atoms with Gasteiger partial charge in [0.15, 0.2) is 0 Å². The zero-order valence-corrected chi connectivity index (χ0v) is 16.2. The third-order valence-corrected chi connectivity index (χ3v) is 6.25. The first-order valence-electron chi connectivity index (χ1n) is 10.1. The van der Waals surface area contributed by atoms with Crippen molar-refractivity contribution in [3.05, 3.63) is 12.4 Å². The minimum Gasteiger partial charge on any atom is -0.382 e. The predicted octanol–water partition coefficient (Wildman–Crippen LogP) is 3.05. The molecule has 0 radical (unpaired) electrons. The Kier molecular flexibility index (Phi) is 6.33. The summed E-state index contributed by atoms with van der Waals surface area (Å²) in [6.45, 7) is 7.65. The molecule has 1 saturated heterocycles. The molecule has 0 aromatic carbocycles. The van der Waals surface area contributed by atoms with E-state index in [2.05, 4.69) is 34.0 Å². The van der Waals surface area contributed by atoms with Gasteiger partial charge in [0.25, 0.3) is 0 Å². The second kappa shape index (κ2) is 8.69. The van der Waals surface area contributed by atoms with Gasteiger partial charge < -0.3 is 16.0 Å². The zero-order valence-electron chi connectivity index (χ0n) is 16.2. The molecule has 3 N–H and O–H groups in total. The second-order valence-electron chi connectivity index (χ2n) is 8.34. The Morgan fingerprint density at radius 1 is 1.15 bits per heavy atom. The first-order valence-corrected chi connectivity index (χ1v) is 10.1. The van der Waals surface area contributed by atoms with Crippen molar-refractivity contribution in [3.8, 4) is 0 Å². The van der Waals surface area contributed by atoms with Gasteiger partial charge in [0.1, 0.15) is 0 Å². The lowest BCUT2D eigenvalue weighted by atomic mass is 9.81. The molecule has 1 aliphatic carbocycles. The summed E-state index contributed by atoms with van der Waals surface area (Å²) in [5.74, 6) is 2.98. The molecule has 1 amide bonds. The number of piperidine rings is 1. The van der Waals surface area contributed by atoms with Gasteiger partial charge in [-0.3, -0.25) is 4.79 Å². The summed E-state index contributed by atoms with van der Waals surface area (Å²) in [6, 6.07) is 0. The van der Waals surface area contributed by atoms with Crippen LogP contribution < -0.4 is 16.0 Å². The Morgan fingerprint density at radius 3 is 2.31 bits per heavy atom. The number of hydrogen-bond acceptors (Lipinski definition) is 5. The molecule has 0 unspecified atom stereocenters. The van der Waals surface area contributed by atoms with E-state index in [1.54, 1.807) is 0 Å². The molecule has 6 nitrogen and oxygen atoms in total. The Labute approximate surface area is 157 Å². The van der Waals surface area contributed by atoms with Crippen molar-refractivity contribution in [2.45, 2.75) is 52.4 Å². The summed E-state index contributed by atoms with van der Waals surface area (Å²) in [5.41, 5.74) is 6.38. The van der Waals surface area contributed by atoms with Gasteiger partial charge in [-0.2, -0.15) is 0 Å². The van der Waals surface area contributed by atoms with E-state index in [-0.39, 0.29) is 11.8 Å². The second-order valence-corrected chi connectivity index (χ2v) is 8.34. The molecule has 1 aromatic rings. The molecular weight excluding hydrogens is 326 g/mol. The molecule has 144 valence electrons. The predicted molar refractivity (Wildman–Crippen MR) is 105 cm³/mol. The van der Waals surface area contributed by atoms with Crippen molar-refractivity contribution < 1.29 is 4.79 Å². The first kappa shape index (κ1) is 18.9. The van der Waals surface area contributed by atoms with Crippen LogP contribution in [0.5, 0.6) is 0 Å². The number of amides is 1. The molecule has 1 saturated carbocycles. The number of carbonyl (C=O) groups excluding carboxylic acids is 1. The maximum atomic E-state index is 11.2. The van der Waals surface area contributed by atoms with Gasteiger partial charge >= 0.3 is 0 Å². The first-order chi connectivity index (χ1) is 12.5. The summed E-state index contributed by atoms with van der Waals surface area (Å²) < 4.78 is 0. The number of nitrogens with zero attached hydrogens (tertiary/aromatic N) is 3. The van der Waals surface area contributed by atoms with Crippen molar-refractivity contribution in [1.82, 2.24) is 9.97 Å². The fraction of sp³-hybridized carbons (Fsp3) is 0.750. The summed E-state index contributed by atoms with van der Waals surface area (Å²) >= 11 is 0. The van der Waals surface area contributed by atoms with E-state index in [0.717, 1.165) is 68.8 Å². The van der Waals surface area contributed by atoms with E-state index >= 15 is 0 Å². The lowest BCUT2D eigenvalue weighted by Crippen LogP contribution is -2.36. The standard InChI is InChI=1S/C20H33N5O/c1-14(2)16-7-9-25(10-8-16)20-23-12-18(13-24-20)22-11-15-3-5-17(6-4-15)19(21)26/h12-17,22H,3-11H2,1-2H3,(H2,21,26). The number of nitrogens with one attached hydrogen (secondary N) is 1. The SMILES string of the molecule is CC(C)C1CCN(c2ncc(NCC3CCC(C(N)=O)CC3)cn2)CC1. The third-order valence-electron chi connectivity index (χ3n) is 6.25. The van der Waals surface area contributed by atoms with Crippen molar-refractivity contribution in [3.63, 3.8) is 0 Å². The van der Waals surface area contributed by atoms with Crippen LogP contribution in [0.3, 0.4) is 0 Å². The zero-order chi connectivity index (χ0) is 18.5. The highest BCUT2D eigenvalue weighted by Gasteiger charge is 2.25. The molecule has 0 atom stereocenters. The van der Waals surface area contributed by atoms with E-state index < -0.39 is 0 Å². The van der Waals surface area contributed by atoms with Crippen molar-refractivity contribution in [2.24, 2.45) is 29.4 Å². The average Bonchev–Trinajstić information content (AvgIpc) is 2.67. The topological polar surface area (TPSA) is 84.1 Å². The van der Waals surface area contributed by atoms with Gasteiger partial charge in [0.05, 0.1) is 18.1 Å². The number of nitrogens with two attached hydrogens (primary N) is 1. The lowest BCUT2D eigenvalue weighted by Gasteiger charge is -2.33. The molecule has 2 fully saturated rings. The molecule has 2 heterocycles. The smallest absolute Gasteiger partial charge is 0.225 e. The molecule has 0 spiro atoms. The molecule has 26 heavy (non-hydrogen) atoms. The number of rotatable bonds is 6. The quantitative estimate of drug-likeness (QED) is 0.815. The van der Waals surface area contributed by atoms with Crippen LogP contribution in [0.15, 0.2) is 12.4 Å². The summed E-state index contributed by atoms with van der Waals surface area (Å²) in [7, 11) is 0.